The van der Waals surface area contributed by atoms with Gasteiger partial charge in [-0.25, -0.2) is 12.8 Å². The molecule has 9 heteroatoms. The molecule has 0 unspecified atom stereocenters. The first-order chi connectivity index (χ1) is 13.4. The highest BCUT2D eigenvalue weighted by Gasteiger charge is 2.28. The summed E-state index contributed by atoms with van der Waals surface area (Å²) in [6, 6.07) is 11.9. The van der Waals surface area contributed by atoms with Gasteiger partial charge in [0.05, 0.1) is 4.90 Å². The molecule has 3 rings (SSSR count). The normalized spacial score (nSPS) is 15.9. The molecule has 2 aromatic rings. The van der Waals surface area contributed by atoms with Gasteiger partial charge in [-0.05, 0) is 55.0 Å². The number of halogens is 2. The minimum atomic E-state index is -3.72. The van der Waals surface area contributed by atoms with Crippen molar-refractivity contribution in [1.29, 1.82) is 0 Å². The number of sulfonamides is 1. The summed E-state index contributed by atoms with van der Waals surface area (Å²) in [4.78, 5) is 14.1. The summed E-state index contributed by atoms with van der Waals surface area (Å²) >= 11 is 3.34. The van der Waals surface area contributed by atoms with E-state index in [2.05, 4.69) is 15.9 Å². The Bertz CT molecular complexity index is 920. The molecule has 0 saturated carbocycles. The number of carbonyl (C=O) groups excluding carboxylic acids is 1. The van der Waals surface area contributed by atoms with Crippen molar-refractivity contribution in [1.82, 2.24) is 9.21 Å². The van der Waals surface area contributed by atoms with Crippen LogP contribution in [0.3, 0.4) is 0 Å². The van der Waals surface area contributed by atoms with Crippen LogP contribution in [0.1, 0.15) is 6.42 Å². The molecule has 1 aliphatic rings. The Kier molecular flexibility index (Phi) is 6.69. The first kappa shape index (κ1) is 20.8. The van der Waals surface area contributed by atoms with E-state index in [0.717, 1.165) is 16.6 Å². The second-order valence-electron chi connectivity index (χ2n) is 6.33. The number of nitrogens with zero attached hydrogens (tertiary/aromatic N) is 2. The van der Waals surface area contributed by atoms with Crippen LogP contribution in [0.15, 0.2) is 57.9 Å². The van der Waals surface area contributed by atoms with Gasteiger partial charge in [-0.2, -0.15) is 4.31 Å². The van der Waals surface area contributed by atoms with Crippen molar-refractivity contribution in [3.63, 3.8) is 0 Å². The Morgan fingerprint density at radius 3 is 2.36 bits per heavy atom. The second-order valence-corrected chi connectivity index (χ2v) is 9.19. The van der Waals surface area contributed by atoms with Crippen LogP contribution in [0, 0.1) is 5.82 Å². The van der Waals surface area contributed by atoms with E-state index >= 15 is 0 Å². The van der Waals surface area contributed by atoms with Gasteiger partial charge in [-0.15, -0.1) is 0 Å². The smallest absolute Gasteiger partial charge is 0.260 e. The Morgan fingerprint density at radius 1 is 1.00 bits per heavy atom. The highest BCUT2D eigenvalue weighted by molar-refractivity contribution is 9.10. The number of ether oxygens (including phenoxy) is 1. The molecule has 0 bridgehead atoms. The molecular formula is C19H20BrFN2O4S. The van der Waals surface area contributed by atoms with Crippen molar-refractivity contribution in [2.45, 2.75) is 11.3 Å². The van der Waals surface area contributed by atoms with Crippen LogP contribution in [0.25, 0.3) is 0 Å². The van der Waals surface area contributed by atoms with Gasteiger partial charge in [0.2, 0.25) is 10.0 Å². The Labute approximate surface area is 172 Å². The van der Waals surface area contributed by atoms with Crippen molar-refractivity contribution in [3.05, 3.63) is 58.8 Å². The van der Waals surface area contributed by atoms with E-state index in [1.54, 1.807) is 17.0 Å². The summed E-state index contributed by atoms with van der Waals surface area (Å²) in [7, 11) is -3.72. The first-order valence-corrected chi connectivity index (χ1v) is 11.0. The van der Waals surface area contributed by atoms with Crippen LogP contribution in [-0.2, 0) is 14.8 Å². The lowest BCUT2D eigenvalue weighted by atomic mass is 10.3. The van der Waals surface area contributed by atoms with Crippen LogP contribution < -0.4 is 4.74 Å². The van der Waals surface area contributed by atoms with Crippen LogP contribution >= 0.6 is 15.9 Å². The Hall–Kier alpha value is -1.97. The lowest BCUT2D eigenvalue weighted by Crippen LogP contribution is -2.39. The molecular weight excluding hydrogens is 451 g/mol. The van der Waals surface area contributed by atoms with Crippen LogP contribution in [0.2, 0.25) is 0 Å². The molecule has 1 heterocycles. The molecule has 1 saturated heterocycles. The molecule has 0 radical (unpaired) electrons. The second kappa shape index (κ2) is 9.02. The summed E-state index contributed by atoms with van der Waals surface area (Å²) in [6.07, 6.45) is 0.518. The Morgan fingerprint density at radius 2 is 1.68 bits per heavy atom. The number of carbonyl (C=O) groups is 1. The molecule has 0 N–H and O–H groups in total. The summed E-state index contributed by atoms with van der Waals surface area (Å²) in [5, 5.41) is 0. The molecule has 28 heavy (non-hydrogen) atoms. The summed E-state index contributed by atoms with van der Waals surface area (Å²) < 4.78 is 46.3. The maximum atomic E-state index is 13.1. The highest BCUT2D eigenvalue weighted by atomic mass is 79.9. The third-order valence-corrected chi connectivity index (χ3v) is 6.88. The Balaban J connectivity index is 1.58. The molecule has 0 spiro atoms. The summed E-state index contributed by atoms with van der Waals surface area (Å²) in [6.45, 7) is 1.12. The SMILES string of the molecule is O=C(COc1ccc(Br)cc1)N1CCCN(S(=O)(=O)c2ccc(F)cc2)CC1. The third kappa shape index (κ3) is 5.09. The van der Waals surface area contributed by atoms with Crippen LogP contribution in [0.4, 0.5) is 4.39 Å². The third-order valence-electron chi connectivity index (χ3n) is 4.43. The molecule has 0 aliphatic carbocycles. The molecule has 1 fully saturated rings. The fourth-order valence-corrected chi connectivity index (χ4v) is 4.64. The summed E-state index contributed by atoms with van der Waals surface area (Å²) in [5.41, 5.74) is 0. The zero-order valence-electron chi connectivity index (χ0n) is 15.1. The zero-order chi connectivity index (χ0) is 20.1. The fourth-order valence-electron chi connectivity index (χ4n) is 2.91. The van der Waals surface area contributed by atoms with E-state index in [4.69, 9.17) is 4.74 Å². The predicted octanol–water partition coefficient (Wildman–Crippen LogP) is 2.89. The van der Waals surface area contributed by atoms with Gasteiger partial charge in [0.1, 0.15) is 11.6 Å². The number of benzene rings is 2. The number of rotatable bonds is 5. The zero-order valence-corrected chi connectivity index (χ0v) is 17.5. The average molecular weight is 471 g/mol. The highest BCUT2D eigenvalue weighted by Crippen LogP contribution is 2.19. The minimum Gasteiger partial charge on any atom is -0.484 e. The molecule has 1 amide bonds. The maximum absolute atomic E-state index is 13.1. The standard InChI is InChI=1S/C19H20BrFN2O4S/c20-15-2-6-17(7-3-15)27-14-19(24)22-10-1-11-23(13-12-22)28(25,26)18-8-4-16(21)5-9-18/h2-9H,1,10-14H2. The van der Waals surface area contributed by atoms with E-state index < -0.39 is 15.8 Å². The lowest BCUT2D eigenvalue weighted by molar-refractivity contribution is -0.133. The molecule has 2 aromatic carbocycles. The monoisotopic (exact) mass is 470 g/mol. The largest absolute Gasteiger partial charge is 0.484 e. The van der Waals surface area contributed by atoms with Crippen molar-refractivity contribution in [2.24, 2.45) is 0 Å². The van der Waals surface area contributed by atoms with E-state index in [1.807, 2.05) is 12.1 Å². The first-order valence-electron chi connectivity index (χ1n) is 8.78. The number of amides is 1. The van der Waals surface area contributed by atoms with Gasteiger partial charge in [0, 0.05) is 30.7 Å². The van der Waals surface area contributed by atoms with Gasteiger partial charge < -0.3 is 9.64 Å². The van der Waals surface area contributed by atoms with Gasteiger partial charge in [-0.3, -0.25) is 4.79 Å². The van der Waals surface area contributed by atoms with Gasteiger partial charge in [0.25, 0.3) is 5.91 Å². The van der Waals surface area contributed by atoms with Crippen LogP contribution in [0.5, 0.6) is 5.75 Å². The van der Waals surface area contributed by atoms with Crippen molar-refractivity contribution in [2.75, 3.05) is 32.8 Å². The van der Waals surface area contributed by atoms with Gasteiger partial charge in [-0.1, -0.05) is 15.9 Å². The maximum Gasteiger partial charge on any atom is 0.260 e. The molecule has 1 aliphatic heterocycles. The fraction of sp³-hybridized carbons (Fsp3) is 0.316. The predicted molar refractivity (Wildman–Crippen MR) is 106 cm³/mol. The van der Waals surface area contributed by atoms with Crippen LogP contribution in [-0.4, -0.2) is 56.3 Å². The van der Waals surface area contributed by atoms with E-state index in [0.29, 0.717) is 25.3 Å². The van der Waals surface area contributed by atoms with E-state index in [1.165, 1.54) is 16.4 Å². The molecule has 150 valence electrons. The lowest BCUT2D eigenvalue weighted by Gasteiger charge is -2.22. The topological polar surface area (TPSA) is 66.9 Å². The minimum absolute atomic E-state index is 0.0484. The molecule has 0 atom stereocenters. The van der Waals surface area contributed by atoms with Gasteiger partial charge in [0.15, 0.2) is 6.61 Å². The van der Waals surface area contributed by atoms with Crippen molar-refractivity contribution < 1.29 is 22.3 Å². The van der Waals surface area contributed by atoms with E-state index in [-0.39, 0.29) is 30.5 Å². The quantitative estimate of drug-likeness (QED) is 0.673. The number of hydrogen-bond donors (Lipinski definition) is 0. The summed E-state index contributed by atoms with van der Waals surface area (Å²) in [5.74, 6) is -0.0896. The average Bonchev–Trinajstić information content (AvgIpc) is 2.94. The van der Waals surface area contributed by atoms with Crippen molar-refractivity contribution >= 4 is 31.9 Å². The molecule has 6 nitrogen and oxygen atoms in total. The van der Waals surface area contributed by atoms with E-state index in [9.17, 15) is 17.6 Å². The number of hydrogen-bond acceptors (Lipinski definition) is 4. The molecule has 0 aromatic heterocycles. The van der Waals surface area contributed by atoms with Gasteiger partial charge >= 0.3 is 0 Å². The van der Waals surface area contributed by atoms with Crippen molar-refractivity contribution in [3.8, 4) is 5.75 Å².